The third-order valence-corrected chi connectivity index (χ3v) is 5.19. The number of hydrogen-bond acceptors (Lipinski definition) is 3. The summed E-state index contributed by atoms with van der Waals surface area (Å²) in [5.74, 6) is 0.263. The first-order valence-electron chi connectivity index (χ1n) is 10.7. The van der Waals surface area contributed by atoms with E-state index >= 15 is 0 Å². The Kier molecular flexibility index (Phi) is 7.37. The van der Waals surface area contributed by atoms with Crippen molar-refractivity contribution < 1.29 is 4.79 Å². The lowest BCUT2D eigenvalue weighted by Gasteiger charge is -2.21. The van der Waals surface area contributed by atoms with Crippen LogP contribution in [0.4, 0.5) is 5.69 Å². The molecule has 0 aliphatic carbocycles. The van der Waals surface area contributed by atoms with Gasteiger partial charge in [-0.25, -0.2) is 0 Å². The number of nitrogens with two attached hydrogens (primary N) is 1. The SMILES string of the molecule is Cc1ccc(-c2c(CN)c(CC(C)C)nc(C)c2NC(=O)/C=C/c2ccccc2)cc1. The Labute approximate surface area is 185 Å². The lowest BCUT2D eigenvalue weighted by molar-refractivity contribution is -0.111. The minimum absolute atomic E-state index is 0.193. The number of benzene rings is 2. The predicted molar refractivity (Wildman–Crippen MR) is 130 cm³/mol. The van der Waals surface area contributed by atoms with Crippen LogP contribution in [0.25, 0.3) is 17.2 Å². The maximum atomic E-state index is 12.8. The third kappa shape index (κ3) is 5.68. The van der Waals surface area contributed by atoms with Gasteiger partial charge in [-0.15, -0.1) is 0 Å². The van der Waals surface area contributed by atoms with Gasteiger partial charge in [-0.05, 0) is 49.0 Å². The molecule has 3 rings (SSSR count). The number of nitrogens with one attached hydrogen (secondary N) is 1. The van der Waals surface area contributed by atoms with E-state index in [0.29, 0.717) is 12.5 Å². The number of amides is 1. The highest BCUT2D eigenvalue weighted by Gasteiger charge is 2.20. The average Bonchev–Trinajstić information content (AvgIpc) is 2.75. The van der Waals surface area contributed by atoms with Crippen LogP contribution >= 0.6 is 0 Å². The van der Waals surface area contributed by atoms with E-state index in [1.165, 1.54) is 5.56 Å². The molecule has 3 aromatic rings. The minimum atomic E-state index is -0.193. The standard InChI is InChI=1S/C27H31N3O/c1-18(2)16-24-23(17-28)26(22-13-10-19(3)11-14-22)27(20(4)29-24)30-25(31)15-12-21-8-6-5-7-9-21/h5-15,18H,16-17,28H2,1-4H3,(H,30,31)/b15-12+. The van der Waals surface area contributed by atoms with Crippen molar-refractivity contribution in [3.05, 3.63) is 88.8 Å². The first kappa shape index (κ1) is 22.4. The molecule has 0 atom stereocenters. The Morgan fingerprint density at radius 1 is 1.06 bits per heavy atom. The summed E-state index contributed by atoms with van der Waals surface area (Å²) in [5.41, 5.74) is 13.9. The van der Waals surface area contributed by atoms with Crippen molar-refractivity contribution in [1.29, 1.82) is 0 Å². The number of pyridine rings is 1. The van der Waals surface area contributed by atoms with Crippen LogP contribution in [0.1, 0.15) is 41.9 Å². The van der Waals surface area contributed by atoms with Gasteiger partial charge in [0.2, 0.25) is 5.91 Å². The van der Waals surface area contributed by atoms with Crippen LogP contribution in [0.15, 0.2) is 60.7 Å². The number of aryl methyl sites for hydroxylation is 2. The maximum absolute atomic E-state index is 12.8. The van der Waals surface area contributed by atoms with E-state index in [2.05, 4.69) is 50.4 Å². The molecule has 1 amide bonds. The zero-order valence-corrected chi connectivity index (χ0v) is 18.8. The summed E-state index contributed by atoms with van der Waals surface area (Å²) in [6, 6.07) is 18.1. The summed E-state index contributed by atoms with van der Waals surface area (Å²) in [6.45, 7) is 8.71. The van der Waals surface area contributed by atoms with Crippen molar-refractivity contribution >= 4 is 17.7 Å². The number of rotatable bonds is 7. The highest BCUT2D eigenvalue weighted by Crippen LogP contribution is 2.36. The summed E-state index contributed by atoms with van der Waals surface area (Å²) in [7, 11) is 0. The Morgan fingerprint density at radius 3 is 2.35 bits per heavy atom. The number of carbonyl (C=O) groups is 1. The second kappa shape index (κ2) is 10.2. The lowest BCUT2D eigenvalue weighted by Crippen LogP contribution is -2.16. The predicted octanol–water partition coefficient (Wildman–Crippen LogP) is 5.67. The third-order valence-electron chi connectivity index (χ3n) is 5.19. The molecule has 4 nitrogen and oxygen atoms in total. The van der Waals surface area contributed by atoms with Gasteiger partial charge in [0.25, 0.3) is 0 Å². The summed E-state index contributed by atoms with van der Waals surface area (Å²) in [4.78, 5) is 17.6. The molecule has 0 saturated heterocycles. The molecule has 0 radical (unpaired) electrons. The summed E-state index contributed by atoms with van der Waals surface area (Å²) in [6.07, 6.45) is 4.20. The number of hydrogen-bond donors (Lipinski definition) is 2. The molecule has 160 valence electrons. The molecule has 0 aliphatic rings. The molecule has 0 bridgehead atoms. The summed E-state index contributed by atoms with van der Waals surface area (Å²) in [5, 5.41) is 3.07. The highest BCUT2D eigenvalue weighted by atomic mass is 16.1. The smallest absolute Gasteiger partial charge is 0.248 e. The molecule has 1 heterocycles. The van der Waals surface area contributed by atoms with Crippen molar-refractivity contribution in [3.63, 3.8) is 0 Å². The molecule has 0 fully saturated rings. The zero-order chi connectivity index (χ0) is 22.4. The maximum Gasteiger partial charge on any atom is 0.248 e. The van der Waals surface area contributed by atoms with Crippen LogP contribution in [-0.4, -0.2) is 10.9 Å². The number of aromatic nitrogens is 1. The van der Waals surface area contributed by atoms with E-state index in [0.717, 1.165) is 45.7 Å². The number of nitrogens with zero attached hydrogens (tertiary/aromatic N) is 1. The molecular weight excluding hydrogens is 382 g/mol. The fraction of sp³-hybridized carbons (Fsp3) is 0.259. The van der Waals surface area contributed by atoms with Crippen molar-refractivity contribution in [3.8, 4) is 11.1 Å². The van der Waals surface area contributed by atoms with E-state index in [1.807, 2.05) is 37.3 Å². The molecule has 31 heavy (non-hydrogen) atoms. The molecule has 0 spiro atoms. The summed E-state index contributed by atoms with van der Waals surface area (Å²) >= 11 is 0. The van der Waals surface area contributed by atoms with Gasteiger partial charge in [0.15, 0.2) is 0 Å². The highest BCUT2D eigenvalue weighted by molar-refractivity contribution is 6.05. The van der Waals surface area contributed by atoms with Gasteiger partial charge in [-0.1, -0.05) is 74.0 Å². The van der Waals surface area contributed by atoms with Gasteiger partial charge in [-0.3, -0.25) is 9.78 Å². The van der Waals surface area contributed by atoms with Crippen LogP contribution in [0.3, 0.4) is 0 Å². The van der Waals surface area contributed by atoms with Crippen LogP contribution in [0.5, 0.6) is 0 Å². The van der Waals surface area contributed by atoms with Crippen molar-refractivity contribution in [2.24, 2.45) is 11.7 Å². The largest absolute Gasteiger partial charge is 0.326 e. The van der Waals surface area contributed by atoms with E-state index in [-0.39, 0.29) is 5.91 Å². The molecular formula is C27H31N3O. The van der Waals surface area contributed by atoms with E-state index in [1.54, 1.807) is 12.2 Å². The second-order valence-electron chi connectivity index (χ2n) is 8.27. The van der Waals surface area contributed by atoms with Crippen molar-refractivity contribution in [1.82, 2.24) is 4.98 Å². The minimum Gasteiger partial charge on any atom is -0.326 e. The van der Waals surface area contributed by atoms with Crippen LogP contribution in [-0.2, 0) is 17.8 Å². The van der Waals surface area contributed by atoms with Gasteiger partial charge >= 0.3 is 0 Å². The Hall–Kier alpha value is -3.24. The molecule has 3 N–H and O–H groups in total. The second-order valence-corrected chi connectivity index (χ2v) is 8.27. The summed E-state index contributed by atoms with van der Waals surface area (Å²) < 4.78 is 0. The van der Waals surface area contributed by atoms with E-state index in [4.69, 9.17) is 10.7 Å². The molecule has 0 saturated carbocycles. The average molecular weight is 414 g/mol. The van der Waals surface area contributed by atoms with Gasteiger partial charge in [0, 0.05) is 23.9 Å². The Bertz CT molecular complexity index is 1070. The molecule has 2 aromatic carbocycles. The van der Waals surface area contributed by atoms with Crippen LogP contribution in [0.2, 0.25) is 0 Å². The first-order chi connectivity index (χ1) is 14.9. The normalized spacial score (nSPS) is 11.3. The quantitative estimate of drug-likeness (QED) is 0.490. The van der Waals surface area contributed by atoms with Crippen LogP contribution in [0, 0.1) is 19.8 Å². The van der Waals surface area contributed by atoms with Gasteiger partial charge in [0.05, 0.1) is 11.4 Å². The fourth-order valence-electron chi connectivity index (χ4n) is 3.67. The lowest BCUT2D eigenvalue weighted by atomic mass is 9.92. The molecule has 0 aliphatic heterocycles. The molecule has 0 unspecified atom stereocenters. The van der Waals surface area contributed by atoms with E-state index in [9.17, 15) is 4.79 Å². The number of anilines is 1. The first-order valence-corrected chi connectivity index (χ1v) is 10.7. The van der Waals surface area contributed by atoms with Gasteiger partial charge < -0.3 is 11.1 Å². The fourth-order valence-corrected chi connectivity index (χ4v) is 3.67. The van der Waals surface area contributed by atoms with Crippen molar-refractivity contribution in [2.75, 3.05) is 5.32 Å². The van der Waals surface area contributed by atoms with Gasteiger partial charge in [-0.2, -0.15) is 0 Å². The molecule has 4 heteroatoms. The Balaban J connectivity index is 2.06. The Morgan fingerprint density at radius 2 is 1.74 bits per heavy atom. The van der Waals surface area contributed by atoms with E-state index < -0.39 is 0 Å². The van der Waals surface area contributed by atoms with Crippen LogP contribution < -0.4 is 11.1 Å². The number of carbonyl (C=O) groups excluding carboxylic acids is 1. The zero-order valence-electron chi connectivity index (χ0n) is 18.8. The monoisotopic (exact) mass is 413 g/mol. The van der Waals surface area contributed by atoms with Crippen molar-refractivity contribution in [2.45, 2.75) is 40.7 Å². The van der Waals surface area contributed by atoms with Gasteiger partial charge in [0.1, 0.15) is 0 Å². The topological polar surface area (TPSA) is 68.0 Å². The molecule has 1 aromatic heterocycles.